The predicted octanol–water partition coefficient (Wildman–Crippen LogP) is 2.55. The fraction of sp³-hybridized carbons (Fsp3) is 0.647. The SMILES string of the molecule is CCNC(=NCc1cccc(C)n1)NCCN1CCCCC1.I. The van der Waals surface area contributed by atoms with Crippen molar-refractivity contribution in [3.8, 4) is 0 Å². The van der Waals surface area contributed by atoms with E-state index in [0.29, 0.717) is 6.54 Å². The van der Waals surface area contributed by atoms with Gasteiger partial charge in [0, 0.05) is 25.3 Å². The number of piperidine rings is 1. The molecule has 1 aromatic heterocycles. The number of likely N-dealkylation sites (tertiary alicyclic amines) is 1. The highest BCUT2D eigenvalue weighted by Crippen LogP contribution is 2.07. The highest BCUT2D eigenvalue weighted by Gasteiger charge is 2.09. The summed E-state index contributed by atoms with van der Waals surface area (Å²) < 4.78 is 0. The maximum absolute atomic E-state index is 4.62. The predicted molar refractivity (Wildman–Crippen MR) is 107 cm³/mol. The second-order valence-corrected chi connectivity index (χ2v) is 5.79. The Morgan fingerprint density at radius 3 is 2.70 bits per heavy atom. The Morgan fingerprint density at radius 1 is 1.22 bits per heavy atom. The van der Waals surface area contributed by atoms with E-state index in [4.69, 9.17) is 0 Å². The van der Waals surface area contributed by atoms with Crippen molar-refractivity contribution < 1.29 is 0 Å². The summed E-state index contributed by atoms with van der Waals surface area (Å²) in [7, 11) is 0. The van der Waals surface area contributed by atoms with Crippen LogP contribution in [0.2, 0.25) is 0 Å². The standard InChI is InChI=1S/C17H29N5.HI/c1-3-18-17(19-10-13-22-11-5-4-6-12-22)20-14-16-9-7-8-15(2)21-16;/h7-9H,3-6,10-14H2,1-2H3,(H2,18,19,20);1H. The average molecular weight is 431 g/mol. The van der Waals surface area contributed by atoms with E-state index in [0.717, 1.165) is 37.0 Å². The van der Waals surface area contributed by atoms with Crippen molar-refractivity contribution in [2.75, 3.05) is 32.7 Å². The molecule has 1 aromatic rings. The summed E-state index contributed by atoms with van der Waals surface area (Å²) in [6.45, 7) is 10.1. The van der Waals surface area contributed by atoms with E-state index < -0.39 is 0 Å². The molecule has 0 unspecified atom stereocenters. The van der Waals surface area contributed by atoms with E-state index in [9.17, 15) is 0 Å². The first-order chi connectivity index (χ1) is 10.8. The van der Waals surface area contributed by atoms with Crippen LogP contribution in [0, 0.1) is 6.92 Å². The van der Waals surface area contributed by atoms with Gasteiger partial charge in [-0.15, -0.1) is 24.0 Å². The Labute approximate surface area is 157 Å². The first-order valence-corrected chi connectivity index (χ1v) is 8.45. The molecule has 0 atom stereocenters. The summed E-state index contributed by atoms with van der Waals surface area (Å²) in [6, 6.07) is 6.06. The van der Waals surface area contributed by atoms with Crippen LogP contribution in [0.4, 0.5) is 0 Å². The molecule has 0 bridgehead atoms. The molecule has 0 saturated carbocycles. The second-order valence-electron chi connectivity index (χ2n) is 5.79. The van der Waals surface area contributed by atoms with Gasteiger partial charge in [0.05, 0.1) is 12.2 Å². The molecular formula is C17H30IN5. The third-order valence-corrected chi connectivity index (χ3v) is 3.86. The van der Waals surface area contributed by atoms with Crippen LogP contribution < -0.4 is 10.6 Å². The largest absolute Gasteiger partial charge is 0.357 e. The lowest BCUT2D eigenvalue weighted by Gasteiger charge is -2.26. The Bertz CT molecular complexity index is 472. The van der Waals surface area contributed by atoms with Crippen LogP contribution in [0.15, 0.2) is 23.2 Å². The minimum Gasteiger partial charge on any atom is -0.357 e. The van der Waals surface area contributed by atoms with Gasteiger partial charge in [-0.1, -0.05) is 12.5 Å². The summed E-state index contributed by atoms with van der Waals surface area (Å²) in [5.74, 6) is 0.878. The van der Waals surface area contributed by atoms with E-state index in [1.807, 2.05) is 25.1 Å². The third kappa shape index (κ3) is 7.97. The summed E-state index contributed by atoms with van der Waals surface area (Å²) in [6.07, 6.45) is 4.07. The zero-order valence-corrected chi connectivity index (χ0v) is 16.7. The fourth-order valence-electron chi connectivity index (χ4n) is 2.70. The average Bonchev–Trinajstić information content (AvgIpc) is 2.54. The zero-order chi connectivity index (χ0) is 15.6. The van der Waals surface area contributed by atoms with Gasteiger partial charge in [0.25, 0.3) is 0 Å². The number of nitrogens with one attached hydrogen (secondary N) is 2. The first kappa shape index (κ1) is 20.2. The van der Waals surface area contributed by atoms with Gasteiger partial charge in [0.15, 0.2) is 5.96 Å². The van der Waals surface area contributed by atoms with E-state index >= 15 is 0 Å². The number of aromatic nitrogens is 1. The summed E-state index contributed by atoms with van der Waals surface area (Å²) >= 11 is 0. The molecule has 6 heteroatoms. The Kier molecular flexibility index (Phi) is 10.2. The molecule has 2 N–H and O–H groups in total. The number of hydrogen-bond acceptors (Lipinski definition) is 3. The molecule has 1 fully saturated rings. The zero-order valence-electron chi connectivity index (χ0n) is 14.3. The summed E-state index contributed by atoms with van der Waals surface area (Å²) in [5.41, 5.74) is 2.05. The van der Waals surface area contributed by atoms with Gasteiger partial charge in [0.2, 0.25) is 0 Å². The minimum absolute atomic E-state index is 0. The maximum atomic E-state index is 4.62. The molecular weight excluding hydrogens is 401 g/mol. The van der Waals surface area contributed by atoms with Crippen LogP contribution in [0.5, 0.6) is 0 Å². The molecule has 0 amide bonds. The second kappa shape index (κ2) is 11.6. The van der Waals surface area contributed by atoms with Gasteiger partial charge in [-0.25, -0.2) is 4.99 Å². The van der Waals surface area contributed by atoms with Crippen molar-refractivity contribution in [1.82, 2.24) is 20.5 Å². The quantitative estimate of drug-likeness (QED) is 0.413. The normalized spacial score (nSPS) is 15.8. The maximum Gasteiger partial charge on any atom is 0.191 e. The molecule has 5 nitrogen and oxygen atoms in total. The topological polar surface area (TPSA) is 52.6 Å². The number of rotatable bonds is 6. The van der Waals surface area contributed by atoms with Crippen LogP contribution in [0.1, 0.15) is 37.6 Å². The highest BCUT2D eigenvalue weighted by atomic mass is 127. The Hall–Kier alpha value is -0.890. The molecule has 0 aromatic carbocycles. The Morgan fingerprint density at radius 2 is 2.00 bits per heavy atom. The van der Waals surface area contributed by atoms with E-state index in [1.54, 1.807) is 0 Å². The molecule has 1 aliphatic heterocycles. The highest BCUT2D eigenvalue weighted by molar-refractivity contribution is 14.0. The molecule has 2 rings (SSSR count). The van der Waals surface area contributed by atoms with Gasteiger partial charge < -0.3 is 15.5 Å². The van der Waals surface area contributed by atoms with Crippen LogP contribution in [0.25, 0.3) is 0 Å². The van der Waals surface area contributed by atoms with E-state index in [2.05, 4.69) is 32.4 Å². The minimum atomic E-state index is 0. The smallest absolute Gasteiger partial charge is 0.191 e. The number of nitrogens with zero attached hydrogens (tertiary/aromatic N) is 3. The number of halogens is 1. The number of guanidine groups is 1. The number of aryl methyl sites for hydroxylation is 1. The van der Waals surface area contributed by atoms with Crippen LogP contribution in [-0.2, 0) is 6.54 Å². The van der Waals surface area contributed by atoms with Crippen molar-refractivity contribution in [2.24, 2.45) is 4.99 Å². The van der Waals surface area contributed by atoms with Crippen LogP contribution >= 0.6 is 24.0 Å². The first-order valence-electron chi connectivity index (χ1n) is 8.45. The lowest BCUT2D eigenvalue weighted by molar-refractivity contribution is 0.232. The lowest BCUT2D eigenvalue weighted by Crippen LogP contribution is -2.42. The Balaban J connectivity index is 0.00000264. The van der Waals surface area contributed by atoms with Crippen LogP contribution in [-0.4, -0.2) is 48.6 Å². The number of aliphatic imine (C=N–C) groups is 1. The molecule has 1 saturated heterocycles. The van der Waals surface area contributed by atoms with Crippen molar-refractivity contribution in [1.29, 1.82) is 0 Å². The molecule has 23 heavy (non-hydrogen) atoms. The van der Waals surface area contributed by atoms with Crippen molar-refractivity contribution in [3.63, 3.8) is 0 Å². The summed E-state index contributed by atoms with van der Waals surface area (Å²) in [5, 5.41) is 6.72. The lowest BCUT2D eigenvalue weighted by atomic mass is 10.1. The van der Waals surface area contributed by atoms with Crippen molar-refractivity contribution >= 4 is 29.9 Å². The summed E-state index contributed by atoms with van der Waals surface area (Å²) in [4.78, 5) is 11.6. The van der Waals surface area contributed by atoms with Crippen molar-refractivity contribution in [2.45, 2.75) is 39.7 Å². The fourth-order valence-corrected chi connectivity index (χ4v) is 2.70. The molecule has 0 radical (unpaired) electrons. The van der Waals surface area contributed by atoms with Crippen molar-refractivity contribution in [3.05, 3.63) is 29.6 Å². The van der Waals surface area contributed by atoms with E-state index in [1.165, 1.54) is 32.4 Å². The number of pyridine rings is 1. The van der Waals surface area contributed by atoms with Gasteiger partial charge in [-0.2, -0.15) is 0 Å². The van der Waals surface area contributed by atoms with Gasteiger partial charge >= 0.3 is 0 Å². The third-order valence-electron chi connectivity index (χ3n) is 3.86. The molecule has 1 aliphatic rings. The van der Waals surface area contributed by atoms with E-state index in [-0.39, 0.29) is 24.0 Å². The monoisotopic (exact) mass is 431 g/mol. The van der Waals surface area contributed by atoms with Gasteiger partial charge in [-0.3, -0.25) is 4.98 Å². The van der Waals surface area contributed by atoms with Crippen LogP contribution in [0.3, 0.4) is 0 Å². The number of hydrogen-bond donors (Lipinski definition) is 2. The molecule has 0 spiro atoms. The molecule has 0 aliphatic carbocycles. The van der Waals surface area contributed by atoms with Gasteiger partial charge in [-0.05, 0) is 51.9 Å². The molecule has 130 valence electrons. The molecule has 2 heterocycles. The van der Waals surface area contributed by atoms with Gasteiger partial charge in [0.1, 0.15) is 0 Å².